The van der Waals surface area contributed by atoms with Crippen molar-refractivity contribution in [2.45, 2.75) is 19.4 Å². The first kappa shape index (κ1) is 19.3. The van der Waals surface area contributed by atoms with Crippen LogP contribution in [0.4, 0.5) is 0 Å². The van der Waals surface area contributed by atoms with Gasteiger partial charge < -0.3 is 15.7 Å². The molecule has 6 nitrogen and oxygen atoms in total. The number of phenolic OH excluding ortho intramolecular Hbond substituents is 1. The van der Waals surface area contributed by atoms with E-state index in [1.165, 1.54) is 5.56 Å². The van der Waals surface area contributed by atoms with Crippen LogP contribution in [0, 0.1) is 0 Å². The quantitative estimate of drug-likeness (QED) is 0.285. The van der Waals surface area contributed by atoms with Crippen molar-refractivity contribution in [3.63, 3.8) is 0 Å². The summed E-state index contributed by atoms with van der Waals surface area (Å²) >= 11 is 0. The number of nitrogens with one attached hydrogen (secondary N) is 2. The number of rotatable bonds is 6. The third-order valence-corrected chi connectivity index (χ3v) is 3.45. The van der Waals surface area contributed by atoms with Gasteiger partial charge in [-0.1, -0.05) is 12.1 Å². The zero-order chi connectivity index (χ0) is 15.8. The van der Waals surface area contributed by atoms with E-state index in [1.54, 1.807) is 25.4 Å². The minimum absolute atomic E-state index is 0. The van der Waals surface area contributed by atoms with E-state index in [9.17, 15) is 5.11 Å². The van der Waals surface area contributed by atoms with Crippen LogP contribution in [0.2, 0.25) is 0 Å². The molecule has 0 fully saturated rings. The molecule has 3 N–H and O–H groups in total. The highest BCUT2D eigenvalue weighted by Gasteiger charge is 2.01. The number of aromatic hydroxyl groups is 1. The Labute approximate surface area is 154 Å². The summed E-state index contributed by atoms with van der Waals surface area (Å²) in [4.78, 5) is 4.21. The molecule has 7 heteroatoms. The van der Waals surface area contributed by atoms with Gasteiger partial charge in [-0.05, 0) is 36.6 Å². The molecule has 1 aromatic carbocycles. The van der Waals surface area contributed by atoms with Gasteiger partial charge in [-0.3, -0.25) is 9.67 Å². The topological polar surface area (TPSA) is 74.5 Å². The maximum Gasteiger partial charge on any atom is 0.191 e. The molecule has 1 heterocycles. The minimum atomic E-state index is 0. The molecule has 0 aliphatic rings. The summed E-state index contributed by atoms with van der Waals surface area (Å²) in [5.41, 5.74) is 2.32. The predicted octanol–water partition coefficient (Wildman–Crippen LogP) is 2.04. The fraction of sp³-hybridized carbons (Fsp3) is 0.375. The first-order valence-electron chi connectivity index (χ1n) is 7.38. The summed E-state index contributed by atoms with van der Waals surface area (Å²) < 4.78 is 1.84. The van der Waals surface area contributed by atoms with E-state index in [1.807, 2.05) is 29.9 Å². The van der Waals surface area contributed by atoms with Crippen LogP contribution >= 0.6 is 24.0 Å². The molecule has 0 spiro atoms. The Morgan fingerprint density at radius 3 is 2.57 bits per heavy atom. The third kappa shape index (κ3) is 6.47. The molecule has 23 heavy (non-hydrogen) atoms. The van der Waals surface area contributed by atoms with E-state index in [0.717, 1.165) is 31.0 Å². The minimum Gasteiger partial charge on any atom is -0.508 e. The van der Waals surface area contributed by atoms with Crippen LogP contribution in [-0.2, 0) is 20.0 Å². The van der Waals surface area contributed by atoms with E-state index in [2.05, 4.69) is 20.7 Å². The Balaban J connectivity index is 0.00000264. The molecular weight excluding hydrogens is 405 g/mol. The predicted molar refractivity (Wildman–Crippen MR) is 103 cm³/mol. The molecule has 0 unspecified atom stereocenters. The van der Waals surface area contributed by atoms with Crippen molar-refractivity contribution in [3.05, 3.63) is 47.8 Å². The van der Waals surface area contributed by atoms with Crippen LogP contribution in [0.5, 0.6) is 5.75 Å². The molecule has 0 aliphatic carbocycles. The van der Waals surface area contributed by atoms with E-state index in [-0.39, 0.29) is 24.0 Å². The number of benzene rings is 1. The summed E-state index contributed by atoms with van der Waals surface area (Å²) in [5, 5.41) is 19.9. The second-order valence-corrected chi connectivity index (χ2v) is 5.07. The second kappa shape index (κ2) is 10.1. The van der Waals surface area contributed by atoms with Crippen LogP contribution in [-0.4, -0.2) is 34.4 Å². The first-order chi connectivity index (χ1) is 10.7. The van der Waals surface area contributed by atoms with Crippen molar-refractivity contribution >= 4 is 29.9 Å². The van der Waals surface area contributed by atoms with E-state index in [0.29, 0.717) is 12.3 Å². The number of aryl methyl sites for hydroxylation is 2. The molecule has 0 amide bonds. The average Bonchev–Trinajstić information content (AvgIpc) is 2.93. The van der Waals surface area contributed by atoms with Gasteiger partial charge in [0.05, 0.1) is 12.2 Å². The molecule has 2 aromatic rings. The van der Waals surface area contributed by atoms with Crippen molar-refractivity contribution in [2.24, 2.45) is 12.0 Å². The molecule has 0 bridgehead atoms. The zero-order valence-corrected chi connectivity index (χ0v) is 15.8. The van der Waals surface area contributed by atoms with Crippen LogP contribution in [0.25, 0.3) is 0 Å². The number of aliphatic imine (C=N–C) groups is 1. The maximum atomic E-state index is 9.25. The molecule has 2 rings (SSSR count). The number of guanidine groups is 1. The van der Waals surface area contributed by atoms with E-state index >= 15 is 0 Å². The number of phenols is 1. The number of nitrogens with zero attached hydrogens (tertiary/aromatic N) is 3. The lowest BCUT2D eigenvalue weighted by molar-refractivity contribution is 0.475. The molecule has 0 aliphatic heterocycles. The molecule has 0 saturated carbocycles. The van der Waals surface area contributed by atoms with Crippen LogP contribution in [0.15, 0.2) is 41.5 Å². The molecule has 126 valence electrons. The number of hydrogen-bond donors (Lipinski definition) is 3. The Kier molecular flexibility index (Phi) is 8.46. The van der Waals surface area contributed by atoms with Gasteiger partial charge >= 0.3 is 0 Å². The number of aromatic nitrogens is 2. The standard InChI is InChI=1S/C16H23N5O.HI/c1-17-16(19-12-14-9-11-20-21(14)2)18-10-3-4-13-5-7-15(22)8-6-13;/h5-9,11,22H,3-4,10,12H2,1-2H3,(H2,17,18,19);1H. The highest BCUT2D eigenvalue weighted by Crippen LogP contribution is 2.10. The van der Waals surface area contributed by atoms with Crippen LogP contribution in [0.3, 0.4) is 0 Å². The van der Waals surface area contributed by atoms with Gasteiger partial charge in [0.2, 0.25) is 0 Å². The number of halogens is 1. The Morgan fingerprint density at radius 1 is 1.22 bits per heavy atom. The van der Waals surface area contributed by atoms with Gasteiger partial charge in [0, 0.05) is 26.8 Å². The largest absolute Gasteiger partial charge is 0.508 e. The number of hydrogen-bond acceptors (Lipinski definition) is 3. The van der Waals surface area contributed by atoms with Crippen molar-refractivity contribution in [2.75, 3.05) is 13.6 Å². The SMILES string of the molecule is CN=C(NCCCc1ccc(O)cc1)NCc1ccnn1C.I. The summed E-state index contributed by atoms with van der Waals surface area (Å²) in [6, 6.07) is 9.31. The van der Waals surface area contributed by atoms with E-state index < -0.39 is 0 Å². The smallest absolute Gasteiger partial charge is 0.191 e. The summed E-state index contributed by atoms with van der Waals surface area (Å²) in [6.07, 6.45) is 3.74. The monoisotopic (exact) mass is 429 g/mol. The second-order valence-electron chi connectivity index (χ2n) is 5.07. The lowest BCUT2D eigenvalue weighted by Crippen LogP contribution is -2.37. The van der Waals surface area contributed by atoms with Gasteiger partial charge in [-0.2, -0.15) is 5.10 Å². The van der Waals surface area contributed by atoms with Gasteiger partial charge in [0.1, 0.15) is 5.75 Å². The maximum absolute atomic E-state index is 9.25. The highest BCUT2D eigenvalue weighted by atomic mass is 127. The summed E-state index contributed by atoms with van der Waals surface area (Å²) in [7, 11) is 3.68. The third-order valence-electron chi connectivity index (χ3n) is 3.45. The Bertz CT molecular complexity index is 609. The average molecular weight is 429 g/mol. The fourth-order valence-corrected chi connectivity index (χ4v) is 2.13. The van der Waals surface area contributed by atoms with Gasteiger partial charge in [-0.15, -0.1) is 24.0 Å². The Hall–Kier alpha value is -1.77. The molecule has 0 atom stereocenters. The summed E-state index contributed by atoms with van der Waals surface area (Å²) in [6.45, 7) is 1.53. The lowest BCUT2D eigenvalue weighted by Gasteiger charge is -2.12. The van der Waals surface area contributed by atoms with Crippen LogP contribution < -0.4 is 10.6 Å². The Morgan fingerprint density at radius 2 is 1.96 bits per heavy atom. The van der Waals surface area contributed by atoms with Crippen molar-refractivity contribution in [1.29, 1.82) is 0 Å². The molecule has 0 saturated heterocycles. The van der Waals surface area contributed by atoms with Crippen LogP contribution in [0.1, 0.15) is 17.7 Å². The van der Waals surface area contributed by atoms with Crippen molar-refractivity contribution < 1.29 is 5.11 Å². The molecule has 1 aromatic heterocycles. The normalized spacial score (nSPS) is 11.0. The van der Waals surface area contributed by atoms with E-state index in [4.69, 9.17) is 0 Å². The molecular formula is C16H24IN5O. The van der Waals surface area contributed by atoms with Crippen molar-refractivity contribution in [3.8, 4) is 5.75 Å². The van der Waals surface area contributed by atoms with Gasteiger partial charge in [0.25, 0.3) is 0 Å². The van der Waals surface area contributed by atoms with Gasteiger partial charge in [0.15, 0.2) is 5.96 Å². The molecule has 0 radical (unpaired) electrons. The summed E-state index contributed by atoms with van der Waals surface area (Å²) in [5.74, 6) is 1.09. The highest BCUT2D eigenvalue weighted by molar-refractivity contribution is 14.0. The van der Waals surface area contributed by atoms with Crippen molar-refractivity contribution in [1.82, 2.24) is 20.4 Å². The fourth-order valence-electron chi connectivity index (χ4n) is 2.13. The first-order valence-corrected chi connectivity index (χ1v) is 7.38. The zero-order valence-electron chi connectivity index (χ0n) is 13.5. The van der Waals surface area contributed by atoms with Gasteiger partial charge in [-0.25, -0.2) is 0 Å². The lowest BCUT2D eigenvalue weighted by atomic mass is 10.1.